The molecular formula is C26H44N4O3. The van der Waals surface area contributed by atoms with E-state index in [-0.39, 0.29) is 35.8 Å². The number of piperazine rings is 1. The maximum Gasteiger partial charge on any atom is 0.245 e. The second-order valence-electron chi connectivity index (χ2n) is 11.2. The summed E-state index contributed by atoms with van der Waals surface area (Å²) >= 11 is 0. The Morgan fingerprint density at radius 2 is 1.67 bits per heavy atom. The van der Waals surface area contributed by atoms with Crippen molar-refractivity contribution in [3.8, 4) is 0 Å². The molecule has 7 nitrogen and oxygen atoms in total. The SMILES string of the molecule is CCN(C(=O)CC1CCN(C(=O)C(CC2CC2)N2CCN[C@@H](CC3CC3)C2=O)CC1)C(C)C. The van der Waals surface area contributed by atoms with Gasteiger partial charge in [-0.2, -0.15) is 0 Å². The number of nitrogens with zero attached hydrogens (tertiary/aromatic N) is 3. The predicted octanol–water partition coefficient (Wildman–Crippen LogP) is 2.64. The molecule has 1 unspecified atom stereocenters. The van der Waals surface area contributed by atoms with E-state index in [0.717, 1.165) is 38.8 Å². The van der Waals surface area contributed by atoms with Crippen molar-refractivity contribution in [3.05, 3.63) is 0 Å². The van der Waals surface area contributed by atoms with Crippen molar-refractivity contribution in [2.45, 2.75) is 96.7 Å². The Balaban J connectivity index is 1.34. The molecule has 2 heterocycles. The molecule has 0 aromatic heterocycles. The summed E-state index contributed by atoms with van der Waals surface area (Å²) in [5.41, 5.74) is 0. The van der Waals surface area contributed by atoms with Gasteiger partial charge in [0.2, 0.25) is 17.7 Å². The zero-order valence-electron chi connectivity index (χ0n) is 20.9. The van der Waals surface area contributed by atoms with E-state index in [1.165, 1.54) is 25.7 Å². The van der Waals surface area contributed by atoms with Crippen LogP contribution in [-0.2, 0) is 14.4 Å². The summed E-state index contributed by atoms with van der Waals surface area (Å²) in [6, 6.07) is -0.184. The first-order valence-electron chi connectivity index (χ1n) is 13.5. The molecule has 0 aromatic carbocycles. The Hall–Kier alpha value is -1.63. The van der Waals surface area contributed by atoms with E-state index >= 15 is 0 Å². The lowest BCUT2D eigenvalue weighted by molar-refractivity contribution is -0.150. The highest BCUT2D eigenvalue weighted by molar-refractivity contribution is 5.90. The number of hydrogen-bond donors (Lipinski definition) is 1. The smallest absolute Gasteiger partial charge is 0.245 e. The molecule has 4 aliphatic rings. The molecule has 2 atom stereocenters. The summed E-state index contributed by atoms with van der Waals surface area (Å²) in [7, 11) is 0. The maximum atomic E-state index is 13.7. The van der Waals surface area contributed by atoms with Crippen LogP contribution in [0.4, 0.5) is 0 Å². The van der Waals surface area contributed by atoms with Gasteiger partial charge in [0, 0.05) is 45.2 Å². The molecule has 4 fully saturated rings. The molecule has 0 radical (unpaired) electrons. The van der Waals surface area contributed by atoms with Crippen LogP contribution in [0.1, 0.15) is 78.6 Å². The van der Waals surface area contributed by atoms with Crippen molar-refractivity contribution in [1.82, 2.24) is 20.0 Å². The van der Waals surface area contributed by atoms with Crippen LogP contribution in [0.25, 0.3) is 0 Å². The highest BCUT2D eigenvalue weighted by Crippen LogP contribution is 2.37. The van der Waals surface area contributed by atoms with Gasteiger partial charge in [0.1, 0.15) is 6.04 Å². The van der Waals surface area contributed by atoms with Crippen LogP contribution in [0.5, 0.6) is 0 Å². The number of rotatable bonds is 10. The zero-order chi connectivity index (χ0) is 23.5. The topological polar surface area (TPSA) is 73.0 Å². The standard InChI is InChI=1S/C26H44N4O3/c1-4-29(18(2)3)24(31)17-21-9-12-28(13-10-21)26(33)23(16-20-7-8-20)30-14-11-27-22(25(30)32)15-19-5-6-19/h18-23,27H,4-17H2,1-3H3/t22-,23?/m0/s1. The molecule has 0 spiro atoms. The first-order valence-corrected chi connectivity index (χ1v) is 13.5. The number of carbonyl (C=O) groups is 3. The number of nitrogens with one attached hydrogen (secondary N) is 1. The molecule has 3 amide bonds. The van der Waals surface area contributed by atoms with Crippen molar-refractivity contribution >= 4 is 17.7 Å². The summed E-state index contributed by atoms with van der Waals surface area (Å²) in [5.74, 6) is 2.14. The Bertz CT molecular complexity index is 710. The van der Waals surface area contributed by atoms with Gasteiger partial charge in [-0.05, 0) is 64.2 Å². The minimum atomic E-state index is -0.302. The molecule has 0 bridgehead atoms. The average molecular weight is 461 g/mol. The molecule has 7 heteroatoms. The first-order chi connectivity index (χ1) is 15.9. The van der Waals surface area contributed by atoms with Crippen LogP contribution in [0.15, 0.2) is 0 Å². The predicted molar refractivity (Wildman–Crippen MR) is 128 cm³/mol. The van der Waals surface area contributed by atoms with Crippen LogP contribution < -0.4 is 5.32 Å². The summed E-state index contributed by atoms with van der Waals surface area (Å²) in [6.07, 6.45) is 8.92. The molecule has 33 heavy (non-hydrogen) atoms. The highest BCUT2D eigenvalue weighted by Gasteiger charge is 2.42. The minimum absolute atomic E-state index is 0.111. The van der Waals surface area contributed by atoms with Gasteiger partial charge < -0.3 is 20.0 Å². The quantitative estimate of drug-likeness (QED) is 0.544. The molecule has 0 aromatic rings. The van der Waals surface area contributed by atoms with E-state index in [1.807, 2.05) is 21.6 Å². The fourth-order valence-corrected chi connectivity index (χ4v) is 5.73. The molecule has 4 rings (SSSR count). The molecule has 186 valence electrons. The van der Waals surface area contributed by atoms with Gasteiger partial charge in [-0.15, -0.1) is 0 Å². The average Bonchev–Trinajstić information content (AvgIpc) is 3.71. The minimum Gasteiger partial charge on any atom is -0.341 e. The van der Waals surface area contributed by atoms with Gasteiger partial charge in [-0.25, -0.2) is 0 Å². The van der Waals surface area contributed by atoms with E-state index < -0.39 is 0 Å². The highest BCUT2D eigenvalue weighted by atomic mass is 16.2. The second-order valence-corrected chi connectivity index (χ2v) is 11.2. The maximum absolute atomic E-state index is 13.7. The fraction of sp³-hybridized carbons (Fsp3) is 0.885. The third-order valence-electron chi connectivity index (χ3n) is 8.18. The van der Waals surface area contributed by atoms with Gasteiger partial charge in [-0.1, -0.05) is 25.7 Å². The first kappa shape index (κ1) is 24.5. The number of hydrogen-bond acceptors (Lipinski definition) is 4. The Morgan fingerprint density at radius 3 is 2.24 bits per heavy atom. The Kier molecular flexibility index (Phi) is 7.98. The van der Waals surface area contributed by atoms with Crippen molar-refractivity contribution in [1.29, 1.82) is 0 Å². The van der Waals surface area contributed by atoms with Gasteiger partial charge in [0.25, 0.3) is 0 Å². The fourth-order valence-electron chi connectivity index (χ4n) is 5.73. The lowest BCUT2D eigenvalue weighted by atomic mass is 9.92. The van der Waals surface area contributed by atoms with E-state index in [2.05, 4.69) is 19.2 Å². The normalized spacial score (nSPS) is 25.5. The molecule has 2 aliphatic carbocycles. The van der Waals surface area contributed by atoms with Crippen LogP contribution in [0, 0.1) is 17.8 Å². The van der Waals surface area contributed by atoms with Crippen LogP contribution in [0.3, 0.4) is 0 Å². The molecule has 2 saturated carbocycles. The molecule has 2 aliphatic heterocycles. The second kappa shape index (κ2) is 10.7. The van der Waals surface area contributed by atoms with Gasteiger partial charge in [0.15, 0.2) is 0 Å². The van der Waals surface area contributed by atoms with Crippen LogP contribution in [0.2, 0.25) is 0 Å². The lowest BCUT2D eigenvalue weighted by Gasteiger charge is -2.41. The number of likely N-dealkylation sites (tertiary alicyclic amines) is 1. The van der Waals surface area contributed by atoms with Crippen molar-refractivity contribution in [2.75, 3.05) is 32.7 Å². The Labute approximate surface area is 199 Å². The third kappa shape index (κ3) is 6.28. The van der Waals surface area contributed by atoms with E-state index in [4.69, 9.17) is 0 Å². The summed E-state index contributed by atoms with van der Waals surface area (Å²) in [4.78, 5) is 45.5. The molecule has 1 N–H and O–H groups in total. The molecule has 2 saturated heterocycles. The van der Waals surface area contributed by atoms with Crippen molar-refractivity contribution in [2.24, 2.45) is 17.8 Å². The molecular weight excluding hydrogens is 416 g/mol. The number of carbonyl (C=O) groups excluding carboxylic acids is 3. The number of piperidine rings is 1. The monoisotopic (exact) mass is 460 g/mol. The van der Waals surface area contributed by atoms with Crippen LogP contribution in [-0.4, -0.2) is 83.3 Å². The van der Waals surface area contributed by atoms with Gasteiger partial charge >= 0.3 is 0 Å². The van der Waals surface area contributed by atoms with Gasteiger partial charge in [0.05, 0.1) is 6.04 Å². The van der Waals surface area contributed by atoms with E-state index in [9.17, 15) is 14.4 Å². The zero-order valence-corrected chi connectivity index (χ0v) is 20.9. The largest absolute Gasteiger partial charge is 0.341 e. The number of amides is 3. The van der Waals surface area contributed by atoms with Gasteiger partial charge in [-0.3, -0.25) is 14.4 Å². The third-order valence-corrected chi connectivity index (χ3v) is 8.18. The summed E-state index contributed by atoms with van der Waals surface area (Å²) in [6.45, 7) is 9.74. The van der Waals surface area contributed by atoms with Crippen molar-refractivity contribution in [3.63, 3.8) is 0 Å². The lowest BCUT2D eigenvalue weighted by Crippen LogP contribution is -2.62. The van der Waals surface area contributed by atoms with E-state index in [0.29, 0.717) is 43.8 Å². The van der Waals surface area contributed by atoms with Crippen LogP contribution >= 0.6 is 0 Å². The van der Waals surface area contributed by atoms with Crippen molar-refractivity contribution < 1.29 is 14.4 Å². The summed E-state index contributed by atoms with van der Waals surface area (Å²) < 4.78 is 0. The van der Waals surface area contributed by atoms with E-state index in [1.54, 1.807) is 0 Å². The summed E-state index contributed by atoms with van der Waals surface area (Å²) in [5, 5.41) is 3.41. The Morgan fingerprint density at radius 1 is 1.00 bits per heavy atom.